The Bertz CT molecular complexity index is 347. The van der Waals surface area contributed by atoms with E-state index in [1.165, 1.54) is 4.68 Å². The number of carbonyl (C=O) groups excluding carboxylic acids is 1. The summed E-state index contributed by atoms with van der Waals surface area (Å²) in [5.74, 6) is 0.294. The van der Waals surface area contributed by atoms with Crippen LogP contribution in [-0.2, 0) is 16.1 Å². The molecular weight excluding hydrogens is 198 g/mol. The number of esters is 1. The molecule has 0 saturated carbocycles. The first-order valence-electron chi connectivity index (χ1n) is 4.57. The van der Waals surface area contributed by atoms with E-state index in [0.29, 0.717) is 12.6 Å². The lowest BCUT2D eigenvalue weighted by Crippen LogP contribution is -2.17. The zero-order chi connectivity index (χ0) is 11.4. The lowest BCUT2D eigenvalue weighted by molar-refractivity contribution is -0.144. The number of carbonyl (C=O) groups is 1. The Morgan fingerprint density at radius 2 is 2.27 bits per heavy atom. The van der Waals surface area contributed by atoms with Crippen molar-refractivity contribution in [2.75, 3.05) is 31.3 Å². The normalized spacial score (nSPS) is 10.1. The molecule has 1 heterocycles. The van der Waals surface area contributed by atoms with Gasteiger partial charge in [-0.25, -0.2) is 4.68 Å². The molecule has 0 spiro atoms. The molecule has 0 amide bonds. The molecule has 1 rings (SSSR count). The lowest BCUT2D eigenvalue weighted by atomic mass is 10.6. The number of hydrogen-bond donors (Lipinski definition) is 1. The molecule has 0 unspecified atom stereocenters. The van der Waals surface area contributed by atoms with Gasteiger partial charge in [0, 0.05) is 14.1 Å². The average molecular weight is 213 g/mol. The van der Waals surface area contributed by atoms with E-state index in [-0.39, 0.29) is 18.5 Å². The zero-order valence-corrected chi connectivity index (χ0v) is 9.10. The average Bonchev–Trinajstić information content (AvgIpc) is 2.48. The van der Waals surface area contributed by atoms with Crippen molar-refractivity contribution in [2.24, 2.45) is 0 Å². The minimum atomic E-state index is -0.376. The van der Waals surface area contributed by atoms with E-state index in [0.717, 1.165) is 0 Å². The number of rotatable bonds is 4. The van der Waals surface area contributed by atoms with Crippen LogP contribution < -0.4 is 10.6 Å². The molecule has 0 radical (unpaired) electrons. The number of aromatic nitrogens is 3. The summed E-state index contributed by atoms with van der Waals surface area (Å²) in [6.45, 7) is 2.07. The molecule has 0 aromatic carbocycles. The Balaban J connectivity index is 2.73. The predicted octanol–water partition coefficient (Wildman–Crippen LogP) is -0.511. The van der Waals surface area contributed by atoms with Crippen LogP contribution in [0, 0.1) is 0 Å². The first-order chi connectivity index (χ1) is 7.04. The van der Waals surface area contributed by atoms with Crippen molar-refractivity contribution in [1.29, 1.82) is 0 Å². The third-order valence-corrected chi connectivity index (χ3v) is 1.67. The molecule has 2 N–H and O–H groups in total. The number of hydrogen-bond acceptors (Lipinski definition) is 6. The van der Waals surface area contributed by atoms with Crippen molar-refractivity contribution in [2.45, 2.75) is 13.5 Å². The van der Waals surface area contributed by atoms with Gasteiger partial charge in [-0.1, -0.05) is 0 Å². The molecule has 0 aliphatic heterocycles. The van der Waals surface area contributed by atoms with Crippen LogP contribution in [0.25, 0.3) is 0 Å². The number of nitrogen functional groups attached to an aromatic ring is 1. The third kappa shape index (κ3) is 2.83. The molecule has 0 atom stereocenters. The highest BCUT2D eigenvalue weighted by atomic mass is 16.5. The predicted molar refractivity (Wildman–Crippen MR) is 55.4 cm³/mol. The van der Waals surface area contributed by atoms with E-state index in [1.807, 2.05) is 0 Å². The summed E-state index contributed by atoms with van der Waals surface area (Å²) >= 11 is 0. The fourth-order valence-corrected chi connectivity index (χ4v) is 0.976. The largest absolute Gasteiger partial charge is 0.465 e. The molecule has 7 heteroatoms. The first kappa shape index (κ1) is 11.3. The van der Waals surface area contributed by atoms with Gasteiger partial charge in [0.05, 0.1) is 6.61 Å². The molecule has 0 fully saturated rings. The Hall–Kier alpha value is -1.79. The SMILES string of the molecule is CCOC(=O)Cn1nc(N(C)C)nc1N. The molecule has 1 aromatic rings. The second kappa shape index (κ2) is 4.63. The fraction of sp³-hybridized carbons (Fsp3) is 0.625. The van der Waals surface area contributed by atoms with E-state index in [9.17, 15) is 4.79 Å². The number of nitrogens with two attached hydrogens (primary N) is 1. The summed E-state index contributed by atoms with van der Waals surface area (Å²) in [7, 11) is 3.59. The standard InChI is InChI=1S/C8H15N5O2/c1-4-15-6(14)5-13-7(9)10-8(11-13)12(2)3/h4-5H2,1-3H3,(H2,9,10,11). The molecule has 0 saturated heterocycles. The summed E-state index contributed by atoms with van der Waals surface area (Å²) in [5, 5.41) is 4.04. The van der Waals surface area contributed by atoms with Crippen LogP contribution in [-0.4, -0.2) is 41.4 Å². The maximum atomic E-state index is 11.2. The van der Waals surface area contributed by atoms with Crippen molar-refractivity contribution in [3.8, 4) is 0 Å². The summed E-state index contributed by atoms with van der Waals surface area (Å²) in [6.07, 6.45) is 0. The summed E-state index contributed by atoms with van der Waals surface area (Å²) < 4.78 is 6.09. The molecule has 0 bridgehead atoms. The Labute approximate surface area is 87.8 Å². The summed E-state index contributed by atoms with van der Waals surface area (Å²) in [4.78, 5) is 16.8. The summed E-state index contributed by atoms with van der Waals surface area (Å²) in [6, 6.07) is 0. The third-order valence-electron chi connectivity index (χ3n) is 1.67. The second-order valence-electron chi connectivity index (χ2n) is 3.13. The van der Waals surface area contributed by atoms with Crippen LogP contribution in [0.5, 0.6) is 0 Å². The van der Waals surface area contributed by atoms with Crippen molar-refractivity contribution in [1.82, 2.24) is 14.8 Å². The molecule has 0 aliphatic carbocycles. The minimum absolute atomic E-state index is 0.0134. The van der Waals surface area contributed by atoms with Crippen molar-refractivity contribution >= 4 is 17.9 Å². The van der Waals surface area contributed by atoms with Gasteiger partial charge >= 0.3 is 5.97 Å². The minimum Gasteiger partial charge on any atom is -0.465 e. The van der Waals surface area contributed by atoms with Crippen LogP contribution in [0.4, 0.5) is 11.9 Å². The van der Waals surface area contributed by atoms with Crippen LogP contribution in [0.3, 0.4) is 0 Å². The van der Waals surface area contributed by atoms with Gasteiger partial charge in [0.15, 0.2) is 0 Å². The number of nitrogens with zero attached hydrogens (tertiary/aromatic N) is 4. The summed E-state index contributed by atoms with van der Waals surface area (Å²) in [5.41, 5.74) is 5.58. The maximum absolute atomic E-state index is 11.2. The highest BCUT2D eigenvalue weighted by molar-refractivity contribution is 5.69. The molecular formula is C8H15N5O2. The Morgan fingerprint density at radius 1 is 1.60 bits per heavy atom. The smallest absolute Gasteiger partial charge is 0.327 e. The number of ether oxygens (including phenoxy) is 1. The Morgan fingerprint density at radius 3 is 2.73 bits per heavy atom. The van der Waals surface area contributed by atoms with E-state index >= 15 is 0 Å². The van der Waals surface area contributed by atoms with Gasteiger partial charge in [0.2, 0.25) is 11.9 Å². The second-order valence-corrected chi connectivity index (χ2v) is 3.13. The Kier molecular flexibility index (Phi) is 3.48. The topological polar surface area (TPSA) is 86.3 Å². The highest BCUT2D eigenvalue weighted by Gasteiger charge is 2.11. The first-order valence-corrected chi connectivity index (χ1v) is 4.57. The fourth-order valence-electron chi connectivity index (χ4n) is 0.976. The van der Waals surface area contributed by atoms with Gasteiger partial charge < -0.3 is 15.4 Å². The lowest BCUT2D eigenvalue weighted by Gasteiger charge is -2.04. The zero-order valence-electron chi connectivity index (χ0n) is 9.10. The van der Waals surface area contributed by atoms with Crippen LogP contribution in [0.15, 0.2) is 0 Å². The van der Waals surface area contributed by atoms with E-state index in [1.54, 1.807) is 25.9 Å². The molecule has 1 aromatic heterocycles. The van der Waals surface area contributed by atoms with Gasteiger partial charge in [-0.3, -0.25) is 4.79 Å². The van der Waals surface area contributed by atoms with Crippen LogP contribution in [0.1, 0.15) is 6.92 Å². The molecule has 84 valence electrons. The van der Waals surface area contributed by atoms with E-state index in [4.69, 9.17) is 10.5 Å². The van der Waals surface area contributed by atoms with Gasteiger partial charge in [-0.2, -0.15) is 4.98 Å². The van der Waals surface area contributed by atoms with Crippen LogP contribution in [0.2, 0.25) is 0 Å². The monoisotopic (exact) mass is 213 g/mol. The van der Waals surface area contributed by atoms with Gasteiger partial charge in [0.1, 0.15) is 6.54 Å². The molecule has 15 heavy (non-hydrogen) atoms. The van der Waals surface area contributed by atoms with Gasteiger partial charge in [0.25, 0.3) is 0 Å². The van der Waals surface area contributed by atoms with Crippen molar-refractivity contribution < 1.29 is 9.53 Å². The van der Waals surface area contributed by atoms with Crippen LogP contribution >= 0.6 is 0 Å². The van der Waals surface area contributed by atoms with E-state index in [2.05, 4.69) is 10.1 Å². The van der Waals surface area contributed by atoms with Crippen molar-refractivity contribution in [3.05, 3.63) is 0 Å². The number of anilines is 2. The van der Waals surface area contributed by atoms with Crippen molar-refractivity contribution in [3.63, 3.8) is 0 Å². The van der Waals surface area contributed by atoms with Gasteiger partial charge in [-0.15, -0.1) is 5.10 Å². The van der Waals surface area contributed by atoms with E-state index < -0.39 is 0 Å². The molecule has 0 aliphatic rings. The maximum Gasteiger partial charge on any atom is 0.327 e. The molecule has 7 nitrogen and oxygen atoms in total. The van der Waals surface area contributed by atoms with Gasteiger partial charge in [-0.05, 0) is 6.92 Å². The quantitative estimate of drug-likeness (QED) is 0.678. The highest BCUT2D eigenvalue weighted by Crippen LogP contribution is 2.07.